The summed E-state index contributed by atoms with van der Waals surface area (Å²) >= 11 is 0. The van der Waals surface area contributed by atoms with Crippen LogP contribution < -0.4 is 15.4 Å². The van der Waals surface area contributed by atoms with Gasteiger partial charge in [0.05, 0.1) is 12.2 Å². The Morgan fingerprint density at radius 2 is 1.72 bits per heavy atom. The fourth-order valence-corrected chi connectivity index (χ4v) is 7.88. The van der Waals surface area contributed by atoms with Crippen molar-refractivity contribution in [2.24, 2.45) is 11.8 Å². The molecule has 2 saturated carbocycles. The molecule has 43 heavy (non-hydrogen) atoms. The molecule has 2 saturated heterocycles. The lowest BCUT2D eigenvalue weighted by Gasteiger charge is -2.53. The van der Waals surface area contributed by atoms with E-state index in [1.165, 1.54) is 6.42 Å². The minimum Gasteiger partial charge on any atom is -0.490 e. The quantitative estimate of drug-likeness (QED) is 0.378. The second kappa shape index (κ2) is 14.4. The van der Waals surface area contributed by atoms with E-state index in [9.17, 15) is 19.5 Å². The van der Waals surface area contributed by atoms with Crippen LogP contribution in [0.2, 0.25) is 0 Å². The molecule has 1 aromatic carbocycles. The van der Waals surface area contributed by atoms with Gasteiger partial charge >= 0.3 is 0 Å². The summed E-state index contributed by atoms with van der Waals surface area (Å²) in [7, 11) is 1.63. The maximum absolute atomic E-state index is 13.9. The first kappa shape index (κ1) is 31.8. The lowest BCUT2D eigenvalue weighted by atomic mass is 9.77. The van der Waals surface area contributed by atoms with Gasteiger partial charge in [0.25, 0.3) is 5.91 Å². The summed E-state index contributed by atoms with van der Waals surface area (Å²) in [5, 5.41) is 16.9. The summed E-state index contributed by atoms with van der Waals surface area (Å²) in [6.07, 6.45) is 11.9. The van der Waals surface area contributed by atoms with E-state index < -0.39 is 17.7 Å². The second-order valence-corrected chi connectivity index (χ2v) is 13.4. The molecule has 5 rings (SSSR count). The topological polar surface area (TPSA) is 111 Å². The summed E-state index contributed by atoms with van der Waals surface area (Å²) in [5.41, 5.74) is -0.174. The van der Waals surface area contributed by atoms with E-state index in [1.54, 1.807) is 19.2 Å². The fraction of sp³-hybridized carbons (Fsp3) is 0.735. The molecule has 3 amide bonds. The van der Waals surface area contributed by atoms with E-state index in [2.05, 4.69) is 22.5 Å². The molecule has 9 nitrogen and oxygen atoms in total. The van der Waals surface area contributed by atoms with E-state index in [0.29, 0.717) is 30.9 Å². The minimum absolute atomic E-state index is 0.0660. The zero-order valence-corrected chi connectivity index (χ0v) is 26.2. The van der Waals surface area contributed by atoms with E-state index >= 15 is 0 Å². The Bertz CT molecular complexity index is 1090. The number of ether oxygens (including phenoxy) is 1. The number of hydrogen-bond acceptors (Lipinski definition) is 6. The van der Waals surface area contributed by atoms with Gasteiger partial charge in [0.2, 0.25) is 11.8 Å². The average Bonchev–Trinajstić information content (AvgIpc) is 3.04. The SMILES string of the molecule is CCCCN1C(=O)[C@@H]([C@H](O)C2CCCCC2)NC(=O)C12CCN(CC1CCC(Oc3ccc(C(=O)NC)cc3)CC1)CC2. The van der Waals surface area contributed by atoms with E-state index in [0.717, 1.165) is 89.6 Å². The second-order valence-electron chi connectivity index (χ2n) is 13.4. The van der Waals surface area contributed by atoms with E-state index in [4.69, 9.17) is 4.74 Å². The Hall–Kier alpha value is -2.65. The van der Waals surface area contributed by atoms with Crippen LogP contribution in [0.5, 0.6) is 5.75 Å². The lowest BCUT2D eigenvalue weighted by molar-refractivity contribution is -0.166. The number of likely N-dealkylation sites (tertiary alicyclic amines) is 1. The van der Waals surface area contributed by atoms with Gasteiger partial charge in [0.15, 0.2) is 0 Å². The van der Waals surface area contributed by atoms with Crippen LogP contribution in [0, 0.1) is 11.8 Å². The Morgan fingerprint density at radius 3 is 2.35 bits per heavy atom. The first-order valence-electron chi connectivity index (χ1n) is 16.9. The number of hydrogen-bond donors (Lipinski definition) is 3. The number of carbonyl (C=O) groups is 3. The number of benzene rings is 1. The van der Waals surface area contributed by atoms with E-state index in [1.807, 2.05) is 17.0 Å². The summed E-state index contributed by atoms with van der Waals surface area (Å²) < 4.78 is 6.22. The smallest absolute Gasteiger partial charge is 0.251 e. The van der Waals surface area contributed by atoms with Crippen LogP contribution in [0.4, 0.5) is 0 Å². The van der Waals surface area contributed by atoms with Crippen LogP contribution in [-0.4, -0.2) is 89.6 Å². The molecule has 0 radical (unpaired) electrons. The third kappa shape index (κ3) is 7.19. The van der Waals surface area contributed by atoms with Crippen LogP contribution >= 0.6 is 0 Å². The van der Waals surface area contributed by atoms with Crippen LogP contribution in [-0.2, 0) is 9.59 Å². The molecule has 1 spiro atoms. The molecule has 0 bridgehead atoms. The van der Waals surface area contributed by atoms with Crippen molar-refractivity contribution >= 4 is 17.7 Å². The Kier molecular flexibility index (Phi) is 10.7. The monoisotopic (exact) mass is 596 g/mol. The zero-order valence-electron chi connectivity index (χ0n) is 26.2. The molecule has 4 fully saturated rings. The van der Waals surface area contributed by atoms with Crippen molar-refractivity contribution in [1.82, 2.24) is 20.4 Å². The molecule has 2 aliphatic carbocycles. The van der Waals surface area contributed by atoms with Crippen LogP contribution in [0.3, 0.4) is 0 Å². The number of unbranched alkanes of at least 4 members (excludes halogenated alkanes) is 1. The zero-order chi connectivity index (χ0) is 30.4. The van der Waals surface area contributed by atoms with Crippen molar-refractivity contribution in [2.45, 2.75) is 114 Å². The molecular formula is C34H52N4O5. The largest absolute Gasteiger partial charge is 0.490 e. The van der Waals surface area contributed by atoms with Crippen molar-refractivity contribution in [1.29, 1.82) is 0 Å². The lowest BCUT2D eigenvalue weighted by Crippen LogP contribution is -2.75. The minimum atomic E-state index is -0.817. The predicted octanol–water partition coefficient (Wildman–Crippen LogP) is 3.89. The molecule has 238 valence electrons. The van der Waals surface area contributed by atoms with Crippen LogP contribution in [0.1, 0.15) is 101 Å². The van der Waals surface area contributed by atoms with E-state index in [-0.39, 0.29) is 29.7 Å². The van der Waals surface area contributed by atoms with Crippen molar-refractivity contribution in [3.8, 4) is 5.75 Å². The van der Waals surface area contributed by atoms with Crippen molar-refractivity contribution in [3.05, 3.63) is 29.8 Å². The standard InChI is InChI=1S/C34H52N4O5/c1-3-4-20-38-32(41)29(30(39)25-8-6-5-7-9-25)36-33(42)34(38)18-21-37(22-19-34)23-24-10-14-27(15-11-24)43-28-16-12-26(13-17-28)31(40)35-2/h12-13,16-17,24-25,27,29-30,39H,3-11,14-15,18-23H2,1-2H3,(H,35,40)(H,36,42)/t24?,27?,29-,30-/m1/s1. The maximum Gasteiger partial charge on any atom is 0.251 e. The Morgan fingerprint density at radius 1 is 1.05 bits per heavy atom. The number of piperazine rings is 1. The molecule has 1 aromatic rings. The fourth-order valence-electron chi connectivity index (χ4n) is 7.88. The van der Waals surface area contributed by atoms with Crippen molar-refractivity contribution < 1.29 is 24.2 Å². The van der Waals surface area contributed by atoms with Gasteiger partial charge in [-0.15, -0.1) is 0 Å². The highest BCUT2D eigenvalue weighted by molar-refractivity contribution is 6.00. The Balaban J connectivity index is 1.12. The van der Waals surface area contributed by atoms with Crippen LogP contribution in [0.25, 0.3) is 0 Å². The first-order chi connectivity index (χ1) is 20.8. The van der Waals surface area contributed by atoms with Crippen LogP contribution in [0.15, 0.2) is 24.3 Å². The number of nitrogens with zero attached hydrogens (tertiary/aromatic N) is 2. The highest BCUT2D eigenvalue weighted by atomic mass is 16.5. The normalized spacial score (nSPS) is 27.5. The van der Waals surface area contributed by atoms with Gasteiger partial charge in [-0.25, -0.2) is 0 Å². The van der Waals surface area contributed by atoms with Crippen molar-refractivity contribution in [2.75, 3.05) is 33.2 Å². The van der Waals surface area contributed by atoms with Gasteiger partial charge in [-0.3, -0.25) is 14.4 Å². The van der Waals surface area contributed by atoms with Gasteiger partial charge in [0.1, 0.15) is 17.3 Å². The molecule has 2 atom stereocenters. The summed E-state index contributed by atoms with van der Waals surface area (Å²) in [4.78, 5) is 43.8. The van der Waals surface area contributed by atoms with Gasteiger partial charge in [-0.2, -0.15) is 0 Å². The maximum atomic E-state index is 13.9. The molecular weight excluding hydrogens is 544 g/mol. The number of carbonyl (C=O) groups excluding carboxylic acids is 3. The number of aliphatic hydroxyl groups excluding tert-OH is 1. The van der Waals surface area contributed by atoms with Gasteiger partial charge in [0, 0.05) is 38.8 Å². The molecule has 9 heteroatoms. The predicted molar refractivity (Wildman–Crippen MR) is 166 cm³/mol. The molecule has 0 unspecified atom stereocenters. The van der Waals surface area contributed by atoms with Gasteiger partial charge < -0.3 is 30.3 Å². The van der Waals surface area contributed by atoms with Gasteiger partial charge in [-0.1, -0.05) is 32.6 Å². The average molecular weight is 597 g/mol. The highest BCUT2D eigenvalue weighted by Crippen LogP contribution is 2.37. The summed E-state index contributed by atoms with van der Waals surface area (Å²) in [5.74, 6) is 1.24. The molecule has 4 aliphatic rings. The number of piperidine rings is 1. The van der Waals surface area contributed by atoms with Crippen molar-refractivity contribution in [3.63, 3.8) is 0 Å². The highest BCUT2D eigenvalue weighted by Gasteiger charge is 2.55. The molecule has 2 heterocycles. The third-order valence-corrected chi connectivity index (χ3v) is 10.6. The summed E-state index contributed by atoms with van der Waals surface area (Å²) in [6.45, 7) is 5.30. The summed E-state index contributed by atoms with van der Waals surface area (Å²) in [6, 6.07) is 6.52. The Labute approximate surface area is 257 Å². The molecule has 2 aliphatic heterocycles. The number of amides is 3. The first-order valence-corrected chi connectivity index (χ1v) is 16.9. The number of aliphatic hydroxyl groups is 1. The molecule has 3 N–H and O–H groups in total. The number of rotatable bonds is 10. The number of nitrogens with one attached hydrogen (secondary N) is 2. The third-order valence-electron chi connectivity index (χ3n) is 10.6. The van der Waals surface area contributed by atoms with Gasteiger partial charge in [-0.05, 0) is 93.9 Å². The molecule has 0 aromatic heterocycles.